The summed E-state index contributed by atoms with van der Waals surface area (Å²) in [5.74, 6) is -0.107. The van der Waals surface area contributed by atoms with Gasteiger partial charge < -0.3 is 5.32 Å². The first kappa shape index (κ1) is 22.6. The van der Waals surface area contributed by atoms with Crippen LogP contribution in [0.5, 0.6) is 0 Å². The van der Waals surface area contributed by atoms with Crippen LogP contribution in [-0.4, -0.2) is 21.7 Å². The first-order valence-electron chi connectivity index (χ1n) is 10.9. The SMILES string of the molecule is O=C(NC1CCC(Cn2ccc(C3=CC=CCC3)n2)CC1)c1cc(C(F)(F)F)ccc1Cl. The Bertz CT molecular complexity index is 1030. The maximum atomic E-state index is 13.0. The lowest BCUT2D eigenvalue weighted by Gasteiger charge is -2.29. The summed E-state index contributed by atoms with van der Waals surface area (Å²) >= 11 is 5.98. The molecule has 1 aromatic heterocycles. The van der Waals surface area contributed by atoms with E-state index in [9.17, 15) is 18.0 Å². The molecule has 0 unspecified atom stereocenters. The average Bonchev–Trinajstić information content (AvgIpc) is 3.24. The largest absolute Gasteiger partial charge is 0.416 e. The molecule has 1 amide bonds. The zero-order valence-electron chi connectivity index (χ0n) is 17.5. The minimum Gasteiger partial charge on any atom is -0.349 e. The molecular weight excluding hydrogens is 439 g/mol. The minimum atomic E-state index is -4.52. The van der Waals surface area contributed by atoms with Gasteiger partial charge >= 0.3 is 6.18 Å². The molecule has 0 spiro atoms. The van der Waals surface area contributed by atoms with Crippen molar-refractivity contribution in [1.82, 2.24) is 15.1 Å². The lowest BCUT2D eigenvalue weighted by atomic mass is 9.86. The molecule has 0 bridgehead atoms. The van der Waals surface area contributed by atoms with Crippen LogP contribution in [0, 0.1) is 5.92 Å². The third kappa shape index (κ3) is 5.44. The molecule has 2 aliphatic carbocycles. The summed E-state index contributed by atoms with van der Waals surface area (Å²) in [6.07, 6.45) is 9.26. The predicted molar refractivity (Wildman–Crippen MR) is 118 cm³/mol. The Labute approximate surface area is 190 Å². The zero-order valence-corrected chi connectivity index (χ0v) is 18.3. The number of benzene rings is 1. The third-order valence-electron chi connectivity index (χ3n) is 6.15. The molecule has 4 nitrogen and oxygen atoms in total. The summed E-state index contributed by atoms with van der Waals surface area (Å²) in [5, 5.41) is 7.59. The standard InChI is InChI=1S/C24H25ClF3N3O/c25-21-11-8-18(24(26,27)28)14-20(21)23(32)29-19-9-6-16(7-10-19)15-31-13-12-22(30-31)17-4-2-1-3-5-17/h1-2,4,8,11-14,16,19H,3,5-7,9-10,15H2,(H,29,32). The smallest absolute Gasteiger partial charge is 0.349 e. The summed E-state index contributed by atoms with van der Waals surface area (Å²) in [6.45, 7) is 0.823. The first-order valence-corrected chi connectivity index (χ1v) is 11.2. The van der Waals surface area contributed by atoms with Crippen molar-refractivity contribution >= 4 is 23.1 Å². The van der Waals surface area contributed by atoms with Crippen LogP contribution >= 0.6 is 11.6 Å². The second kappa shape index (κ2) is 9.53. The lowest BCUT2D eigenvalue weighted by Crippen LogP contribution is -2.38. The highest BCUT2D eigenvalue weighted by atomic mass is 35.5. The number of aromatic nitrogens is 2. The van der Waals surface area contributed by atoms with Gasteiger partial charge in [0.2, 0.25) is 0 Å². The predicted octanol–water partition coefficient (Wildman–Crippen LogP) is 6.28. The van der Waals surface area contributed by atoms with Crippen LogP contribution in [0.2, 0.25) is 5.02 Å². The van der Waals surface area contributed by atoms with Crippen molar-refractivity contribution in [2.24, 2.45) is 5.92 Å². The van der Waals surface area contributed by atoms with Gasteiger partial charge in [-0.25, -0.2) is 0 Å². The highest BCUT2D eigenvalue weighted by Crippen LogP contribution is 2.32. The van der Waals surface area contributed by atoms with E-state index in [2.05, 4.69) is 29.6 Å². The first-order chi connectivity index (χ1) is 15.3. The van der Waals surface area contributed by atoms with E-state index in [1.807, 2.05) is 10.9 Å². The summed E-state index contributed by atoms with van der Waals surface area (Å²) in [5.41, 5.74) is 1.26. The molecule has 32 heavy (non-hydrogen) atoms. The Morgan fingerprint density at radius 3 is 2.66 bits per heavy atom. The minimum absolute atomic E-state index is 0.0160. The number of hydrogen-bond donors (Lipinski definition) is 1. The fourth-order valence-corrected chi connectivity index (χ4v) is 4.55. The van der Waals surface area contributed by atoms with Gasteiger partial charge in [-0.15, -0.1) is 0 Å². The molecule has 4 rings (SSSR count). The van der Waals surface area contributed by atoms with Crippen LogP contribution in [-0.2, 0) is 12.7 Å². The quantitative estimate of drug-likeness (QED) is 0.567. The molecule has 1 N–H and O–H groups in total. The zero-order chi connectivity index (χ0) is 22.7. The van der Waals surface area contributed by atoms with Crippen molar-refractivity contribution in [2.45, 2.75) is 57.3 Å². The molecule has 1 heterocycles. The van der Waals surface area contributed by atoms with Gasteiger partial charge in [-0.3, -0.25) is 9.48 Å². The van der Waals surface area contributed by atoms with Crippen molar-refractivity contribution in [3.8, 4) is 0 Å². The molecular formula is C24H25ClF3N3O. The second-order valence-corrected chi connectivity index (χ2v) is 8.87. The number of hydrogen-bond acceptors (Lipinski definition) is 2. The Kier molecular flexibility index (Phi) is 6.74. The Balaban J connectivity index is 1.30. The molecule has 1 saturated carbocycles. The summed E-state index contributed by atoms with van der Waals surface area (Å²) in [4.78, 5) is 12.6. The number of allylic oxidation sites excluding steroid dienone is 4. The van der Waals surface area contributed by atoms with Gasteiger partial charge in [0.25, 0.3) is 5.91 Å². The molecule has 0 atom stereocenters. The van der Waals surface area contributed by atoms with Gasteiger partial charge in [-0.2, -0.15) is 18.3 Å². The van der Waals surface area contributed by atoms with Crippen LogP contribution in [0.1, 0.15) is 60.1 Å². The van der Waals surface area contributed by atoms with E-state index in [0.717, 1.165) is 69.0 Å². The van der Waals surface area contributed by atoms with Crippen LogP contribution in [0.4, 0.5) is 13.2 Å². The van der Waals surface area contributed by atoms with Crippen molar-refractivity contribution in [1.29, 1.82) is 0 Å². The molecule has 8 heteroatoms. The van der Waals surface area contributed by atoms with E-state index in [1.54, 1.807) is 0 Å². The highest BCUT2D eigenvalue weighted by molar-refractivity contribution is 6.33. The Morgan fingerprint density at radius 1 is 1.19 bits per heavy atom. The Morgan fingerprint density at radius 2 is 1.97 bits per heavy atom. The third-order valence-corrected chi connectivity index (χ3v) is 6.48. The summed E-state index contributed by atoms with van der Waals surface area (Å²) < 4.78 is 40.9. The molecule has 0 aliphatic heterocycles. The fraction of sp³-hybridized carbons (Fsp3) is 0.417. The van der Waals surface area contributed by atoms with E-state index >= 15 is 0 Å². The highest BCUT2D eigenvalue weighted by Gasteiger charge is 2.32. The van der Waals surface area contributed by atoms with Gasteiger partial charge in [0.05, 0.1) is 21.8 Å². The number of rotatable bonds is 5. The number of carbonyl (C=O) groups is 1. The van der Waals surface area contributed by atoms with Crippen molar-refractivity contribution in [2.75, 3.05) is 0 Å². The van der Waals surface area contributed by atoms with E-state index in [0.29, 0.717) is 5.92 Å². The summed E-state index contributed by atoms with van der Waals surface area (Å²) in [6, 6.07) is 4.80. The van der Waals surface area contributed by atoms with Crippen molar-refractivity contribution < 1.29 is 18.0 Å². The topological polar surface area (TPSA) is 46.9 Å². The molecule has 0 saturated heterocycles. The Hall–Kier alpha value is -2.54. The molecule has 1 aromatic carbocycles. The molecule has 0 radical (unpaired) electrons. The van der Waals surface area contributed by atoms with Gasteiger partial charge in [-0.1, -0.05) is 29.8 Å². The summed E-state index contributed by atoms with van der Waals surface area (Å²) in [7, 11) is 0. The fourth-order valence-electron chi connectivity index (χ4n) is 4.34. The van der Waals surface area contributed by atoms with E-state index in [4.69, 9.17) is 16.7 Å². The second-order valence-electron chi connectivity index (χ2n) is 8.47. The van der Waals surface area contributed by atoms with Gasteiger partial charge in [-0.05, 0) is 74.3 Å². The molecule has 170 valence electrons. The normalized spacial score (nSPS) is 21.3. The van der Waals surface area contributed by atoms with Gasteiger partial charge in [0, 0.05) is 18.8 Å². The maximum Gasteiger partial charge on any atom is 0.416 e. The van der Waals surface area contributed by atoms with Crippen LogP contribution in [0.25, 0.3) is 5.57 Å². The monoisotopic (exact) mass is 463 g/mol. The number of carbonyl (C=O) groups excluding carboxylic acids is 1. The van der Waals surface area contributed by atoms with E-state index < -0.39 is 17.6 Å². The number of halogens is 4. The van der Waals surface area contributed by atoms with E-state index in [1.165, 1.54) is 5.57 Å². The van der Waals surface area contributed by atoms with Gasteiger partial charge in [0.1, 0.15) is 0 Å². The van der Waals surface area contributed by atoms with Crippen molar-refractivity contribution in [3.05, 3.63) is 70.5 Å². The van der Waals surface area contributed by atoms with Gasteiger partial charge in [0.15, 0.2) is 0 Å². The lowest BCUT2D eigenvalue weighted by molar-refractivity contribution is -0.137. The average molecular weight is 464 g/mol. The van der Waals surface area contributed by atoms with Crippen LogP contribution < -0.4 is 5.32 Å². The van der Waals surface area contributed by atoms with Crippen LogP contribution in [0.3, 0.4) is 0 Å². The maximum absolute atomic E-state index is 13.0. The number of nitrogens with zero attached hydrogens (tertiary/aromatic N) is 2. The molecule has 2 aliphatic rings. The van der Waals surface area contributed by atoms with Crippen LogP contribution in [0.15, 0.2) is 48.7 Å². The molecule has 2 aromatic rings. The number of nitrogens with one attached hydrogen (secondary N) is 1. The molecule has 1 fully saturated rings. The van der Waals surface area contributed by atoms with E-state index in [-0.39, 0.29) is 16.6 Å². The van der Waals surface area contributed by atoms with Crippen molar-refractivity contribution in [3.63, 3.8) is 0 Å². The number of amides is 1. The number of alkyl halides is 3.